The summed E-state index contributed by atoms with van der Waals surface area (Å²) < 4.78 is 31.6. The van der Waals surface area contributed by atoms with Gasteiger partial charge in [0.25, 0.3) is 0 Å². The van der Waals surface area contributed by atoms with Crippen LogP contribution < -0.4 is 0 Å². The van der Waals surface area contributed by atoms with Crippen LogP contribution in [0.2, 0.25) is 0 Å². The zero-order valence-electron chi connectivity index (χ0n) is 4.63. The van der Waals surface area contributed by atoms with Crippen molar-refractivity contribution in [2.24, 2.45) is 0 Å². The Bertz CT molecular complexity index is 155. The first-order valence-corrected chi connectivity index (χ1v) is 15.5. The largest absolute Gasteiger partial charge is 0 e. The van der Waals surface area contributed by atoms with Crippen LogP contribution in [0.5, 0.6) is 0 Å². The standard InChI is InChI=1S/4ClH.H2O4S.2Zr/c;;;;1-5(2,3)4;;/h4*1H;(H2,1,2,3,4);;/q;;;;;;+4/p-4. The molecule has 0 saturated carbocycles. The van der Waals surface area contributed by atoms with Crippen LogP contribution >= 0.6 is 34.1 Å². The SMILES string of the molecule is O=S(=O)(O)O.[Cl][Zr]([Cl])([Cl])[Cl].[Zr]. The summed E-state index contributed by atoms with van der Waals surface area (Å²) in [4.78, 5) is 0. The summed E-state index contributed by atoms with van der Waals surface area (Å²) in [5.74, 6) is 0. The molecular weight excluding hydrogens is 420 g/mol. The van der Waals surface area contributed by atoms with Gasteiger partial charge < -0.3 is 0 Å². The van der Waals surface area contributed by atoms with Gasteiger partial charge in [0.2, 0.25) is 0 Å². The van der Waals surface area contributed by atoms with Gasteiger partial charge in [-0.15, -0.1) is 0 Å². The number of hydrogen-bond acceptors (Lipinski definition) is 2. The van der Waals surface area contributed by atoms with Gasteiger partial charge in [0.05, 0.1) is 0 Å². The van der Waals surface area contributed by atoms with E-state index in [4.69, 9.17) is 51.6 Å². The Balaban J connectivity index is -0.000000107. The molecule has 0 aromatic rings. The minimum atomic E-state index is -4.67. The predicted octanol–water partition coefficient (Wildman–Crippen LogP) is 2.10. The van der Waals surface area contributed by atoms with Gasteiger partial charge in [-0.05, 0) is 0 Å². The van der Waals surface area contributed by atoms with Crippen molar-refractivity contribution in [1.29, 1.82) is 0 Å². The maximum absolute atomic E-state index is 8.74. The average Bonchev–Trinajstić information content (AvgIpc) is 1.12. The van der Waals surface area contributed by atoms with E-state index >= 15 is 0 Å². The molecule has 0 bridgehead atoms. The molecule has 11 heavy (non-hydrogen) atoms. The fourth-order valence-corrected chi connectivity index (χ4v) is 0. The van der Waals surface area contributed by atoms with Gasteiger partial charge in [-0.3, -0.25) is 9.11 Å². The molecule has 0 aliphatic heterocycles. The molecule has 0 aromatic heterocycles. The molecule has 0 heterocycles. The Morgan fingerprint density at radius 1 is 1.00 bits per heavy atom. The minimum Gasteiger partial charge on any atom is 0 e. The summed E-state index contributed by atoms with van der Waals surface area (Å²) in [5, 5.41) is 0. The third-order valence-electron chi connectivity index (χ3n) is 0. The van der Waals surface area contributed by atoms with Gasteiger partial charge in [0.1, 0.15) is 0 Å². The molecule has 0 saturated heterocycles. The molecule has 0 spiro atoms. The molecule has 0 rings (SSSR count). The summed E-state index contributed by atoms with van der Waals surface area (Å²) >= 11 is -3.29. The molecule has 11 heteroatoms. The monoisotopic (exact) mass is 418 g/mol. The maximum Gasteiger partial charge on any atom is 0 e. The summed E-state index contributed by atoms with van der Waals surface area (Å²) in [5.41, 5.74) is 0. The second kappa shape index (κ2) is 8.13. The smallest absolute Gasteiger partial charge is 0 e. The van der Waals surface area contributed by atoms with Crippen molar-refractivity contribution in [1.82, 2.24) is 0 Å². The Hall–Kier alpha value is 2.80. The summed E-state index contributed by atoms with van der Waals surface area (Å²) in [6.45, 7) is 0. The quantitative estimate of drug-likeness (QED) is 0.587. The summed E-state index contributed by atoms with van der Waals surface area (Å²) in [7, 11) is 15.5. The van der Waals surface area contributed by atoms with Crippen LogP contribution in [0, 0.1) is 0 Å². The van der Waals surface area contributed by atoms with E-state index in [-0.39, 0.29) is 26.2 Å². The van der Waals surface area contributed by atoms with Crippen molar-refractivity contribution >= 4 is 44.5 Å². The van der Waals surface area contributed by atoms with Crippen molar-refractivity contribution in [2.75, 3.05) is 0 Å². The molecule has 0 unspecified atom stereocenters. The fraction of sp³-hybridized carbons (Fsp3) is 0. The zero-order valence-corrected chi connectivity index (χ0v) is 13.4. The van der Waals surface area contributed by atoms with Gasteiger partial charge in [0, 0.05) is 26.2 Å². The molecule has 4 nitrogen and oxygen atoms in total. The Morgan fingerprint density at radius 2 is 1.00 bits per heavy atom. The predicted molar refractivity (Wildman–Crippen MR) is 37.6 cm³/mol. The van der Waals surface area contributed by atoms with Gasteiger partial charge >= 0.3 is 59.9 Å². The van der Waals surface area contributed by atoms with Crippen LogP contribution in [0.15, 0.2) is 0 Å². The normalized spacial score (nSPS) is 10.7. The molecule has 0 aliphatic carbocycles. The Morgan fingerprint density at radius 3 is 1.00 bits per heavy atom. The fourth-order valence-electron chi connectivity index (χ4n) is 0. The van der Waals surface area contributed by atoms with E-state index in [2.05, 4.69) is 0 Å². The van der Waals surface area contributed by atoms with E-state index < -0.39 is 25.9 Å². The molecule has 0 aromatic carbocycles. The Kier molecular flexibility index (Phi) is 14.3. The molecule has 0 aliphatic rings. The van der Waals surface area contributed by atoms with Crippen LogP contribution in [-0.2, 0) is 52.1 Å². The molecule has 0 amide bonds. The van der Waals surface area contributed by atoms with E-state index in [1.54, 1.807) is 0 Å². The van der Waals surface area contributed by atoms with Crippen molar-refractivity contribution in [2.45, 2.75) is 0 Å². The van der Waals surface area contributed by atoms with E-state index in [1.807, 2.05) is 0 Å². The average molecular weight is 422 g/mol. The third kappa shape index (κ3) is 191. The first kappa shape index (κ1) is 19.4. The van der Waals surface area contributed by atoms with Crippen molar-refractivity contribution in [3.05, 3.63) is 0 Å². The van der Waals surface area contributed by atoms with Crippen LogP contribution in [0.1, 0.15) is 0 Å². The Labute approximate surface area is 102 Å². The molecule has 0 atom stereocenters. The molecule has 0 fully saturated rings. The second-order valence-corrected chi connectivity index (χ2v) is 24.2. The van der Waals surface area contributed by atoms with Crippen LogP contribution in [0.25, 0.3) is 0 Å². The number of rotatable bonds is 0. The van der Waals surface area contributed by atoms with Gasteiger partial charge in [-0.2, -0.15) is 8.42 Å². The van der Waals surface area contributed by atoms with Crippen LogP contribution in [-0.4, -0.2) is 17.5 Å². The van der Waals surface area contributed by atoms with Gasteiger partial charge in [0.15, 0.2) is 0 Å². The first-order chi connectivity index (χ1) is 4.00. The zero-order chi connectivity index (χ0) is 9.00. The van der Waals surface area contributed by atoms with E-state index in [1.165, 1.54) is 0 Å². The first-order valence-electron chi connectivity index (χ1n) is 1.45. The van der Waals surface area contributed by atoms with Gasteiger partial charge in [-0.25, -0.2) is 0 Å². The molecule has 2 N–H and O–H groups in total. The topological polar surface area (TPSA) is 74.6 Å². The third-order valence-corrected chi connectivity index (χ3v) is 0. The van der Waals surface area contributed by atoms with E-state index in [9.17, 15) is 0 Å². The molecule has 0 radical (unpaired) electrons. The molecule has 68 valence electrons. The van der Waals surface area contributed by atoms with E-state index in [0.29, 0.717) is 0 Å². The van der Waals surface area contributed by atoms with E-state index in [0.717, 1.165) is 0 Å². The van der Waals surface area contributed by atoms with Crippen LogP contribution in [0.3, 0.4) is 0 Å². The van der Waals surface area contributed by atoms with Crippen LogP contribution in [0.4, 0.5) is 0 Å². The second-order valence-electron chi connectivity index (χ2n) is 0.876. The number of halogens is 4. The maximum atomic E-state index is 8.74. The number of hydrogen-bond donors (Lipinski definition) is 2. The minimum absolute atomic E-state index is 0. The van der Waals surface area contributed by atoms with Gasteiger partial charge in [-0.1, -0.05) is 0 Å². The molecular formula is H2Cl4O4SZr2. The summed E-state index contributed by atoms with van der Waals surface area (Å²) in [6.07, 6.45) is 0. The van der Waals surface area contributed by atoms with Crippen molar-refractivity contribution in [3.63, 3.8) is 0 Å². The summed E-state index contributed by atoms with van der Waals surface area (Å²) in [6, 6.07) is 0. The van der Waals surface area contributed by atoms with Crippen molar-refractivity contribution < 1.29 is 59.2 Å². The van der Waals surface area contributed by atoms with Crippen molar-refractivity contribution in [3.8, 4) is 0 Å².